The summed E-state index contributed by atoms with van der Waals surface area (Å²) in [4.78, 5) is 23.7. The highest BCUT2D eigenvalue weighted by molar-refractivity contribution is 5.96. The molecule has 0 saturated heterocycles. The van der Waals surface area contributed by atoms with Crippen molar-refractivity contribution in [1.29, 1.82) is 0 Å². The SMILES string of the molecule is Cc1cc(C(=O)NCC2(C(=O)O)CC2)c(C)n1C1CCCCC1. The van der Waals surface area contributed by atoms with Gasteiger partial charge in [0.25, 0.3) is 5.91 Å². The molecule has 1 aromatic heterocycles. The van der Waals surface area contributed by atoms with Crippen LogP contribution < -0.4 is 5.32 Å². The van der Waals surface area contributed by atoms with Crippen molar-refractivity contribution in [3.63, 3.8) is 0 Å². The Morgan fingerprint density at radius 1 is 1.26 bits per heavy atom. The number of nitrogens with one attached hydrogen (secondary N) is 1. The first-order valence-corrected chi connectivity index (χ1v) is 8.65. The third-order valence-electron chi connectivity index (χ3n) is 5.56. The fourth-order valence-electron chi connectivity index (χ4n) is 3.87. The minimum atomic E-state index is -0.800. The molecule has 0 aromatic carbocycles. The molecule has 2 saturated carbocycles. The van der Waals surface area contributed by atoms with Crippen LogP contribution in [0.4, 0.5) is 0 Å². The summed E-state index contributed by atoms with van der Waals surface area (Å²) in [5, 5.41) is 12.0. The molecule has 0 atom stereocenters. The summed E-state index contributed by atoms with van der Waals surface area (Å²) >= 11 is 0. The molecular weight excluding hydrogens is 292 g/mol. The molecule has 2 fully saturated rings. The molecule has 23 heavy (non-hydrogen) atoms. The van der Waals surface area contributed by atoms with Crippen molar-refractivity contribution in [3.05, 3.63) is 23.0 Å². The highest BCUT2D eigenvalue weighted by atomic mass is 16.4. The van der Waals surface area contributed by atoms with Gasteiger partial charge in [0.15, 0.2) is 0 Å². The lowest BCUT2D eigenvalue weighted by Gasteiger charge is -2.26. The smallest absolute Gasteiger partial charge is 0.311 e. The van der Waals surface area contributed by atoms with E-state index < -0.39 is 11.4 Å². The topological polar surface area (TPSA) is 71.3 Å². The first kappa shape index (κ1) is 16.1. The Kier molecular flexibility index (Phi) is 4.21. The van der Waals surface area contributed by atoms with Gasteiger partial charge < -0.3 is 15.0 Å². The van der Waals surface area contributed by atoms with Crippen LogP contribution in [0.25, 0.3) is 0 Å². The maximum Gasteiger partial charge on any atom is 0.311 e. The molecule has 0 radical (unpaired) electrons. The largest absolute Gasteiger partial charge is 0.481 e. The molecule has 0 spiro atoms. The van der Waals surface area contributed by atoms with Crippen LogP contribution in [-0.2, 0) is 4.79 Å². The van der Waals surface area contributed by atoms with Crippen molar-refractivity contribution in [2.45, 2.75) is 64.8 Å². The zero-order valence-corrected chi connectivity index (χ0v) is 14.0. The third kappa shape index (κ3) is 3.01. The Hall–Kier alpha value is -1.78. The van der Waals surface area contributed by atoms with Crippen LogP contribution in [-0.4, -0.2) is 28.1 Å². The highest BCUT2D eigenvalue weighted by Gasteiger charge is 2.50. The van der Waals surface area contributed by atoms with Crippen LogP contribution in [0.5, 0.6) is 0 Å². The quantitative estimate of drug-likeness (QED) is 0.875. The number of carbonyl (C=O) groups is 2. The molecule has 0 bridgehead atoms. The normalized spacial score (nSPS) is 20.3. The maximum atomic E-state index is 12.5. The summed E-state index contributed by atoms with van der Waals surface area (Å²) in [6.45, 7) is 4.28. The van der Waals surface area contributed by atoms with Gasteiger partial charge in [0.1, 0.15) is 0 Å². The van der Waals surface area contributed by atoms with Crippen molar-refractivity contribution in [3.8, 4) is 0 Å². The van der Waals surface area contributed by atoms with Gasteiger partial charge in [0.05, 0.1) is 11.0 Å². The van der Waals surface area contributed by atoms with Crippen molar-refractivity contribution < 1.29 is 14.7 Å². The number of aromatic nitrogens is 1. The zero-order chi connectivity index (χ0) is 16.6. The molecule has 3 rings (SSSR count). The second-order valence-corrected chi connectivity index (χ2v) is 7.21. The van der Waals surface area contributed by atoms with Crippen LogP contribution in [0.3, 0.4) is 0 Å². The van der Waals surface area contributed by atoms with Crippen LogP contribution in [0, 0.1) is 19.3 Å². The van der Waals surface area contributed by atoms with Gasteiger partial charge in [0.2, 0.25) is 0 Å². The van der Waals surface area contributed by atoms with Gasteiger partial charge in [0, 0.05) is 24.0 Å². The fourth-order valence-corrected chi connectivity index (χ4v) is 3.87. The fraction of sp³-hybridized carbons (Fsp3) is 0.667. The number of hydrogen-bond donors (Lipinski definition) is 2. The summed E-state index contributed by atoms with van der Waals surface area (Å²) in [5.41, 5.74) is 2.10. The standard InChI is InChI=1S/C18H26N2O3/c1-12-10-15(13(2)20(12)14-6-4-3-5-7-14)16(21)19-11-18(8-9-18)17(22)23/h10,14H,3-9,11H2,1-2H3,(H,19,21)(H,22,23). The summed E-state index contributed by atoms with van der Waals surface area (Å²) in [6.07, 6.45) is 7.49. The molecule has 1 aromatic rings. The Balaban J connectivity index is 1.72. The van der Waals surface area contributed by atoms with E-state index in [0.29, 0.717) is 24.4 Å². The molecule has 1 amide bonds. The first-order chi connectivity index (χ1) is 10.9. The molecule has 2 N–H and O–H groups in total. The van der Waals surface area contributed by atoms with Crippen LogP contribution in [0.1, 0.15) is 72.7 Å². The van der Waals surface area contributed by atoms with E-state index in [0.717, 1.165) is 11.4 Å². The summed E-state index contributed by atoms with van der Waals surface area (Å²) < 4.78 is 2.30. The number of carbonyl (C=O) groups excluding carboxylic acids is 1. The molecule has 5 heteroatoms. The Bertz CT molecular complexity index is 622. The molecule has 0 aliphatic heterocycles. The second-order valence-electron chi connectivity index (χ2n) is 7.21. The third-order valence-corrected chi connectivity index (χ3v) is 5.56. The molecule has 2 aliphatic carbocycles. The number of aliphatic carboxylic acids is 1. The van der Waals surface area contributed by atoms with Crippen molar-refractivity contribution in [2.75, 3.05) is 6.54 Å². The van der Waals surface area contributed by atoms with Gasteiger partial charge in [-0.15, -0.1) is 0 Å². The van der Waals surface area contributed by atoms with Crippen LogP contribution in [0.2, 0.25) is 0 Å². The molecular formula is C18H26N2O3. The van der Waals surface area contributed by atoms with E-state index >= 15 is 0 Å². The predicted octanol–water partition coefficient (Wildman–Crippen LogP) is 3.20. The monoisotopic (exact) mass is 318 g/mol. The second kappa shape index (κ2) is 6.02. The van der Waals surface area contributed by atoms with E-state index in [1.165, 1.54) is 32.1 Å². The number of carboxylic acids is 1. The number of carboxylic acid groups (broad SMARTS) is 1. The van der Waals surface area contributed by atoms with Gasteiger partial charge in [-0.2, -0.15) is 0 Å². The summed E-state index contributed by atoms with van der Waals surface area (Å²) in [5.74, 6) is -0.946. The number of amides is 1. The van der Waals surface area contributed by atoms with E-state index in [2.05, 4.69) is 16.8 Å². The molecule has 1 heterocycles. The minimum Gasteiger partial charge on any atom is -0.481 e. The maximum absolute atomic E-state index is 12.5. The van der Waals surface area contributed by atoms with E-state index in [-0.39, 0.29) is 12.5 Å². The van der Waals surface area contributed by atoms with E-state index in [4.69, 9.17) is 0 Å². The number of aryl methyl sites for hydroxylation is 1. The van der Waals surface area contributed by atoms with Crippen molar-refractivity contribution in [1.82, 2.24) is 9.88 Å². The zero-order valence-electron chi connectivity index (χ0n) is 14.0. The highest BCUT2D eigenvalue weighted by Crippen LogP contribution is 2.45. The predicted molar refractivity (Wildman–Crippen MR) is 87.7 cm³/mol. The van der Waals surface area contributed by atoms with Crippen molar-refractivity contribution in [2.24, 2.45) is 5.41 Å². The Morgan fingerprint density at radius 3 is 2.48 bits per heavy atom. The average molecular weight is 318 g/mol. The molecule has 2 aliphatic rings. The van der Waals surface area contributed by atoms with E-state index in [9.17, 15) is 14.7 Å². The van der Waals surface area contributed by atoms with Gasteiger partial charge in [-0.25, -0.2) is 0 Å². The average Bonchev–Trinajstić information content (AvgIpc) is 3.27. The van der Waals surface area contributed by atoms with Gasteiger partial charge >= 0.3 is 5.97 Å². The molecule has 0 unspecified atom stereocenters. The Labute approximate surface area is 137 Å². The number of rotatable bonds is 5. The lowest BCUT2D eigenvalue weighted by atomic mass is 9.95. The minimum absolute atomic E-state index is 0.146. The lowest BCUT2D eigenvalue weighted by Crippen LogP contribution is -2.34. The molecule has 126 valence electrons. The van der Waals surface area contributed by atoms with Gasteiger partial charge in [-0.05, 0) is 45.6 Å². The first-order valence-electron chi connectivity index (χ1n) is 8.65. The van der Waals surface area contributed by atoms with Gasteiger partial charge in [-0.3, -0.25) is 9.59 Å². The number of hydrogen-bond acceptors (Lipinski definition) is 2. The molecule has 5 nitrogen and oxygen atoms in total. The number of nitrogens with zero attached hydrogens (tertiary/aromatic N) is 1. The van der Waals surface area contributed by atoms with Crippen molar-refractivity contribution >= 4 is 11.9 Å². The van der Waals surface area contributed by atoms with E-state index in [1.54, 1.807) is 0 Å². The lowest BCUT2D eigenvalue weighted by molar-refractivity contribution is -0.143. The summed E-state index contributed by atoms with van der Waals surface area (Å²) in [6, 6.07) is 2.44. The van der Waals surface area contributed by atoms with E-state index in [1.807, 2.05) is 13.0 Å². The summed E-state index contributed by atoms with van der Waals surface area (Å²) in [7, 11) is 0. The van der Waals surface area contributed by atoms with Crippen LogP contribution >= 0.6 is 0 Å². The van der Waals surface area contributed by atoms with Gasteiger partial charge in [-0.1, -0.05) is 19.3 Å². The van der Waals surface area contributed by atoms with Crippen LogP contribution in [0.15, 0.2) is 6.07 Å². The Morgan fingerprint density at radius 2 is 1.91 bits per heavy atom.